The molecule has 0 aromatic carbocycles. The lowest BCUT2D eigenvalue weighted by molar-refractivity contribution is 0.0653. The van der Waals surface area contributed by atoms with Crippen molar-refractivity contribution in [1.29, 1.82) is 0 Å². The molecule has 0 unspecified atom stereocenters. The van der Waals surface area contributed by atoms with Crippen molar-refractivity contribution in [2.45, 2.75) is 18.4 Å². The number of carboxylic acid groups (broad SMARTS) is 1. The smallest absolute Gasteiger partial charge is 0.410 e. The molecular weight excluding hydrogens is 250 g/mol. The first-order valence-corrected chi connectivity index (χ1v) is 5.86. The maximum absolute atomic E-state index is 11.8. The Labute approximate surface area is 110 Å². The number of carboxylic acids is 1. The van der Waals surface area contributed by atoms with Crippen molar-refractivity contribution in [3.63, 3.8) is 0 Å². The summed E-state index contributed by atoms with van der Waals surface area (Å²) in [5, 5.41) is 8.84. The van der Waals surface area contributed by atoms with E-state index in [0.29, 0.717) is 5.76 Å². The van der Waals surface area contributed by atoms with Crippen LogP contribution in [0, 0.1) is 0 Å². The van der Waals surface area contributed by atoms with Gasteiger partial charge in [-0.3, -0.25) is 4.90 Å². The average Bonchev–Trinajstić information content (AvgIpc) is 3.04. The fourth-order valence-electron chi connectivity index (χ4n) is 1.97. The topological polar surface area (TPSA) is 80.0 Å². The van der Waals surface area contributed by atoms with Crippen LogP contribution in [0.3, 0.4) is 0 Å². The van der Waals surface area contributed by atoms with Crippen molar-refractivity contribution in [3.8, 4) is 0 Å². The van der Waals surface area contributed by atoms with E-state index in [1.807, 2.05) is 0 Å². The van der Waals surface area contributed by atoms with Gasteiger partial charge in [0.05, 0.1) is 0 Å². The minimum atomic E-state index is -1.13. The lowest BCUT2D eigenvalue weighted by Crippen LogP contribution is -2.37. The molecule has 6 heteroatoms. The van der Waals surface area contributed by atoms with Crippen molar-refractivity contribution in [2.75, 3.05) is 13.7 Å². The molecule has 1 fully saturated rings. The first kappa shape index (κ1) is 13.2. The SMILES string of the molecule is C=CCOC(=O)N(C)C1(c2ccc(C(=O)O)o2)CC1. The van der Waals surface area contributed by atoms with Gasteiger partial charge in [0.2, 0.25) is 5.76 Å². The monoisotopic (exact) mass is 265 g/mol. The van der Waals surface area contributed by atoms with Crippen molar-refractivity contribution in [3.05, 3.63) is 36.3 Å². The first-order valence-electron chi connectivity index (χ1n) is 5.86. The molecule has 1 aliphatic rings. The van der Waals surface area contributed by atoms with Crippen LogP contribution in [0.1, 0.15) is 29.2 Å². The van der Waals surface area contributed by atoms with Crippen molar-refractivity contribution >= 4 is 12.1 Å². The van der Waals surface area contributed by atoms with Gasteiger partial charge < -0.3 is 14.3 Å². The van der Waals surface area contributed by atoms with E-state index in [0.717, 1.165) is 12.8 Å². The quantitative estimate of drug-likeness (QED) is 0.826. The maximum Gasteiger partial charge on any atom is 0.410 e. The molecular formula is C13H15NO5. The van der Waals surface area contributed by atoms with E-state index < -0.39 is 17.6 Å². The highest BCUT2D eigenvalue weighted by Gasteiger charge is 2.53. The van der Waals surface area contributed by atoms with Gasteiger partial charge in [0, 0.05) is 7.05 Å². The Balaban J connectivity index is 2.15. The molecule has 0 saturated heterocycles. The molecule has 0 atom stereocenters. The summed E-state index contributed by atoms with van der Waals surface area (Å²) in [5.41, 5.74) is -0.577. The minimum absolute atomic E-state index is 0.130. The molecule has 0 spiro atoms. The van der Waals surface area contributed by atoms with Crippen LogP contribution in [0.4, 0.5) is 4.79 Å². The first-order chi connectivity index (χ1) is 9.01. The van der Waals surface area contributed by atoms with Crippen LogP contribution in [0.2, 0.25) is 0 Å². The Morgan fingerprint density at radius 1 is 1.58 bits per heavy atom. The zero-order valence-electron chi connectivity index (χ0n) is 10.6. The van der Waals surface area contributed by atoms with E-state index in [9.17, 15) is 9.59 Å². The third kappa shape index (κ3) is 2.33. The second-order valence-electron chi connectivity index (χ2n) is 4.43. The van der Waals surface area contributed by atoms with Crippen LogP contribution in [-0.4, -0.2) is 35.7 Å². The van der Waals surface area contributed by atoms with Crippen LogP contribution in [-0.2, 0) is 10.3 Å². The highest BCUT2D eigenvalue weighted by Crippen LogP contribution is 2.51. The summed E-state index contributed by atoms with van der Waals surface area (Å²) in [4.78, 5) is 24.0. The van der Waals surface area contributed by atoms with Gasteiger partial charge in [-0.05, 0) is 25.0 Å². The summed E-state index contributed by atoms with van der Waals surface area (Å²) in [6.07, 6.45) is 2.45. The zero-order chi connectivity index (χ0) is 14.0. The predicted octanol–water partition coefficient (Wildman–Crippen LogP) is 2.22. The van der Waals surface area contributed by atoms with Gasteiger partial charge in [-0.15, -0.1) is 0 Å². The van der Waals surface area contributed by atoms with E-state index in [-0.39, 0.29) is 12.4 Å². The lowest BCUT2D eigenvalue weighted by Gasteiger charge is -2.25. The Kier molecular flexibility index (Phi) is 3.33. The van der Waals surface area contributed by atoms with Gasteiger partial charge in [-0.1, -0.05) is 12.7 Å². The van der Waals surface area contributed by atoms with Gasteiger partial charge in [-0.2, -0.15) is 0 Å². The molecule has 1 aromatic rings. The lowest BCUT2D eigenvalue weighted by atomic mass is 10.2. The Bertz CT molecular complexity index is 515. The average molecular weight is 265 g/mol. The second-order valence-corrected chi connectivity index (χ2v) is 4.43. The zero-order valence-corrected chi connectivity index (χ0v) is 10.6. The molecule has 2 rings (SSSR count). The number of furan rings is 1. The molecule has 1 amide bonds. The number of hydrogen-bond acceptors (Lipinski definition) is 4. The standard InChI is InChI=1S/C13H15NO5/c1-3-8-18-12(17)14(2)13(6-7-13)10-5-4-9(19-10)11(15)16/h3-5H,1,6-8H2,2H3,(H,15,16). The van der Waals surface area contributed by atoms with E-state index in [4.69, 9.17) is 14.3 Å². The van der Waals surface area contributed by atoms with Crippen LogP contribution in [0.25, 0.3) is 0 Å². The molecule has 1 N–H and O–H groups in total. The third-order valence-corrected chi connectivity index (χ3v) is 3.24. The maximum atomic E-state index is 11.8. The Morgan fingerprint density at radius 3 is 2.74 bits per heavy atom. The fourth-order valence-corrected chi connectivity index (χ4v) is 1.97. The number of aromatic carboxylic acids is 1. The largest absolute Gasteiger partial charge is 0.475 e. The predicted molar refractivity (Wildman–Crippen MR) is 65.9 cm³/mol. The highest BCUT2D eigenvalue weighted by molar-refractivity contribution is 5.84. The number of amides is 1. The minimum Gasteiger partial charge on any atom is -0.475 e. The third-order valence-electron chi connectivity index (χ3n) is 3.24. The van der Waals surface area contributed by atoms with Gasteiger partial charge >= 0.3 is 12.1 Å². The van der Waals surface area contributed by atoms with E-state index in [1.54, 1.807) is 13.1 Å². The molecule has 0 aliphatic heterocycles. The molecule has 102 valence electrons. The fraction of sp³-hybridized carbons (Fsp3) is 0.385. The summed E-state index contributed by atoms with van der Waals surface area (Å²) in [6, 6.07) is 2.98. The molecule has 1 saturated carbocycles. The van der Waals surface area contributed by atoms with Gasteiger partial charge in [0.25, 0.3) is 0 Å². The Hall–Kier alpha value is -2.24. The molecule has 19 heavy (non-hydrogen) atoms. The molecule has 1 heterocycles. The summed E-state index contributed by atoms with van der Waals surface area (Å²) >= 11 is 0. The van der Waals surface area contributed by atoms with Gasteiger partial charge in [0.1, 0.15) is 17.9 Å². The number of nitrogens with zero attached hydrogens (tertiary/aromatic N) is 1. The van der Waals surface area contributed by atoms with Crippen LogP contribution >= 0.6 is 0 Å². The van der Waals surface area contributed by atoms with E-state index in [1.165, 1.54) is 17.0 Å². The molecule has 0 bridgehead atoms. The normalized spacial score (nSPS) is 15.6. The van der Waals surface area contributed by atoms with Crippen LogP contribution in [0.15, 0.2) is 29.2 Å². The van der Waals surface area contributed by atoms with E-state index >= 15 is 0 Å². The number of carbonyl (C=O) groups excluding carboxylic acids is 1. The number of carbonyl (C=O) groups is 2. The summed E-state index contributed by atoms with van der Waals surface area (Å²) in [5.74, 6) is -0.781. The van der Waals surface area contributed by atoms with Crippen molar-refractivity contribution in [2.24, 2.45) is 0 Å². The summed E-state index contributed by atoms with van der Waals surface area (Å²) < 4.78 is 10.2. The summed E-state index contributed by atoms with van der Waals surface area (Å²) in [6.45, 7) is 3.61. The van der Waals surface area contributed by atoms with Crippen molar-refractivity contribution < 1.29 is 23.8 Å². The van der Waals surface area contributed by atoms with Crippen molar-refractivity contribution in [1.82, 2.24) is 4.90 Å². The summed E-state index contributed by atoms with van der Waals surface area (Å²) in [7, 11) is 1.61. The molecule has 0 radical (unpaired) electrons. The van der Waals surface area contributed by atoms with Crippen LogP contribution < -0.4 is 0 Å². The molecule has 1 aliphatic carbocycles. The van der Waals surface area contributed by atoms with Gasteiger partial charge in [0.15, 0.2) is 0 Å². The highest BCUT2D eigenvalue weighted by atomic mass is 16.6. The Morgan fingerprint density at radius 2 is 2.26 bits per heavy atom. The number of rotatable bonds is 5. The van der Waals surface area contributed by atoms with Crippen LogP contribution in [0.5, 0.6) is 0 Å². The second kappa shape index (κ2) is 4.79. The number of ether oxygens (including phenoxy) is 1. The molecule has 6 nitrogen and oxygen atoms in total. The van der Waals surface area contributed by atoms with Gasteiger partial charge in [-0.25, -0.2) is 9.59 Å². The number of hydrogen-bond donors (Lipinski definition) is 1. The van der Waals surface area contributed by atoms with E-state index in [2.05, 4.69) is 6.58 Å². The molecule has 1 aromatic heterocycles.